The quantitative estimate of drug-likeness (QED) is 0.511. The highest BCUT2D eigenvalue weighted by atomic mass is 35.5. The van der Waals surface area contributed by atoms with E-state index in [4.69, 9.17) is 17.0 Å². The third kappa shape index (κ3) is 0.749. The highest BCUT2D eigenvalue weighted by Gasteiger charge is 2.54. The Balaban J connectivity index is 2.09. The molecule has 2 aliphatic rings. The van der Waals surface area contributed by atoms with Gasteiger partial charge in [-0.3, -0.25) is 5.41 Å². The molecule has 0 aromatic heterocycles. The van der Waals surface area contributed by atoms with Crippen molar-refractivity contribution in [3.63, 3.8) is 0 Å². The second-order valence-electron chi connectivity index (χ2n) is 3.35. The van der Waals surface area contributed by atoms with E-state index in [0.717, 1.165) is 6.42 Å². The summed E-state index contributed by atoms with van der Waals surface area (Å²) in [5.41, 5.74) is 0. The van der Waals surface area contributed by atoms with Crippen molar-refractivity contribution in [3.05, 3.63) is 0 Å². The first-order valence-corrected chi connectivity index (χ1v) is 4.12. The second-order valence-corrected chi connectivity index (χ2v) is 3.86. The predicted molar refractivity (Wildman–Crippen MR) is 41.6 cm³/mol. The molecule has 1 heterocycles. The van der Waals surface area contributed by atoms with Gasteiger partial charge in [-0.1, -0.05) is 6.92 Å². The monoisotopic (exact) mass is 158 g/mol. The summed E-state index contributed by atoms with van der Waals surface area (Å²) >= 11 is 5.96. The number of amidine groups is 1. The fourth-order valence-electron chi connectivity index (χ4n) is 1.86. The minimum atomic E-state index is 0.290. The van der Waals surface area contributed by atoms with Gasteiger partial charge in [0.15, 0.2) is 0 Å². The molecule has 10 heavy (non-hydrogen) atoms. The van der Waals surface area contributed by atoms with Crippen LogP contribution in [0.25, 0.3) is 0 Å². The minimum Gasteiger partial charge on any atom is -0.369 e. The normalized spacial score (nSPS) is 51.6. The molecule has 0 aromatic carbocycles. The standard InChI is InChI=1S/C7H11ClN2/c1-3-2-4(9)10-7-5(3)6(7)8/h3,5-7H,2H2,1H3,(H2,9,10)/t3?,5?,6-,7?/m0/s1. The van der Waals surface area contributed by atoms with Gasteiger partial charge in [0.2, 0.25) is 0 Å². The summed E-state index contributed by atoms with van der Waals surface area (Å²) in [5.74, 6) is 1.91. The molecule has 2 nitrogen and oxygen atoms in total. The SMILES string of the molecule is CC1CC(=N)NC2C1[C@@H]2Cl. The number of piperidine rings is 1. The molecule has 1 aliphatic carbocycles. The predicted octanol–water partition coefficient (Wildman–Crippen LogP) is 1.20. The first-order chi connectivity index (χ1) is 4.70. The summed E-state index contributed by atoms with van der Waals surface area (Å²) < 4.78 is 0. The van der Waals surface area contributed by atoms with E-state index < -0.39 is 0 Å². The van der Waals surface area contributed by atoms with Crippen molar-refractivity contribution in [2.24, 2.45) is 11.8 Å². The van der Waals surface area contributed by atoms with E-state index in [9.17, 15) is 0 Å². The highest BCUT2D eigenvalue weighted by molar-refractivity contribution is 6.24. The average molecular weight is 159 g/mol. The first-order valence-electron chi connectivity index (χ1n) is 3.68. The number of hydrogen-bond acceptors (Lipinski definition) is 1. The summed E-state index contributed by atoms with van der Waals surface area (Å²) in [6.45, 7) is 2.18. The summed E-state index contributed by atoms with van der Waals surface area (Å²) in [6, 6.07) is 0.415. The Morgan fingerprint density at radius 3 is 3.00 bits per heavy atom. The van der Waals surface area contributed by atoms with Crippen LogP contribution in [-0.4, -0.2) is 17.3 Å². The van der Waals surface area contributed by atoms with E-state index in [1.165, 1.54) is 0 Å². The number of hydrogen-bond donors (Lipinski definition) is 2. The molecular weight excluding hydrogens is 148 g/mol. The Morgan fingerprint density at radius 2 is 2.40 bits per heavy atom. The van der Waals surface area contributed by atoms with Crippen LogP contribution in [0.15, 0.2) is 0 Å². The van der Waals surface area contributed by atoms with E-state index in [2.05, 4.69) is 12.2 Å². The molecule has 1 aliphatic heterocycles. The average Bonchev–Trinajstić information content (AvgIpc) is 2.42. The van der Waals surface area contributed by atoms with Gasteiger partial charge in [-0.25, -0.2) is 0 Å². The molecule has 0 amide bonds. The Labute approximate surface area is 65.5 Å². The molecule has 4 atom stereocenters. The van der Waals surface area contributed by atoms with Crippen molar-refractivity contribution < 1.29 is 0 Å². The molecule has 3 heteroatoms. The van der Waals surface area contributed by atoms with Gasteiger partial charge < -0.3 is 5.32 Å². The molecule has 0 radical (unpaired) electrons. The van der Waals surface area contributed by atoms with Gasteiger partial charge in [0.05, 0.1) is 11.2 Å². The van der Waals surface area contributed by atoms with Gasteiger partial charge >= 0.3 is 0 Å². The third-order valence-electron chi connectivity index (χ3n) is 2.51. The van der Waals surface area contributed by atoms with E-state index in [0.29, 0.717) is 23.7 Å². The van der Waals surface area contributed by atoms with E-state index in [1.54, 1.807) is 0 Å². The van der Waals surface area contributed by atoms with Crippen LogP contribution in [0, 0.1) is 17.2 Å². The van der Waals surface area contributed by atoms with Crippen molar-refractivity contribution in [2.75, 3.05) is 0 Å². The molecule has 56 valence electrons. The Kier molecular flexibility index (Phi) is 1.21. The van der Waals surface area contributed by atoms with Crippen molar-refractivity contribution in [2.45, 2.75) is 24.8 Å². The van der Waals surface area contributed by atoms with Crippen molar-refractivity contribution in [3.8, 4) is 0 Å². The number of halogens is 1. The van der Waals surface area contributed by atoms with Crippen LogP contribution in [0.5, 0.6) is 0 Å². The molecular formula is C7H11ClN2. The number of fused-ring (bicyclic) bond motifs is 1. The first kappa shape index (κ1) is 6.47. The highest BCUT2D eigenvalue weighted by Crippen LogP contribution is 2.46. The topological polar surface area (TPSA) is 35.9 Å². The fourth-order valence-corrected chi connectivity index (χ4v) is 2.41. The lowest BCUT2D eigenvalue weighted by molar-refractivity contribution is 0.473. The smallest absolute Gasteiger partial charge is 0.0937 e. The van der Waals surface area contributed by atoms with Crippen LogP contribution in [-0.2, 0) is 0 Å². The molecule has 1 saturated heterocycles. The minimum absolute atomic E-state index is 0.290. The van der Waals surface area contributed by atoms with Crippen LogP contribution < -0.4 is 5.32 Å². The zero-order valence-electron chi connectivity index (χ0n) is 5.89. The molecule has 2 N–H and O–H groups in total. The van der Waals surface area contributed by atoms with Crippen LogP contribution in [0.3, 0.4) is 0 Å². The summed E-state index contributed by atoms with van der Waals surface area (Å²) in [6.07, 6.45) is 0.879. The summed E-state index contributed by atoms with van der Waals surface area (Å²) in [7, 11) is 0. The van der Waals surface area contributed by atoms with Crippen molar-refractivity contribution >= 4 is 17.4 Å². The number of nitrogens with one attached hydrogen (secondary N) is 2. The summed E-state index contributed by atoms with van der Waals surface area (Å²) in [5, 5.41) is 10.8. The molecule has 2 fully saturated rings. The van der Waals surface area contributed by atoms with Crippen LogP contribution in [0.1, 0.15) is 13.3 Å². The lowest BCUT2D eigenvalue weighted by atomic mass is 9.98. The van der Waals surface area contributed by atoms with Crippen LogP contribution >= 0.6 is 11.6 Å². The van der Waals surface area contributed by atoms with Gasteiger partial charge in [-0.15, -0.1) is 11.6 Å². The van der Waals surface area contributed by atoms with Gasteiger partial charge in [0, 0.05) is 18.4 Å². The lowest BCUT2D eigenvalue weighted by Gasteiger charge is -2.18. The fraction of sp³-hybridized carbons (Fsp3) is 0.857. The van der Waals surface area contributed by atoms with E-state index in [1.807, 2.05) is 0 Å². The lowest BCUT2D eigenvalue weighted by Crippen LogP contribution is -2.33. The largest absolute Gasteiger partial charge is 0.369 e. The zero-order valence-corrected chi connectivity index (χ0v) is 6.65. The van der Waals surface area contributed by atoms with Gasteiger partial charge in [-0.2, -0.15) is 0 Å². The second kappa shape index (κ2) is 1.88. The van der Waals surface area contributed by atoms with Crippen molar-refractivity contribution in [1.29, 1.82) is 5.41 Å². The Hall–Kier alpha value is -0.240. The van der Waals surface area contributed by atoms with Crippen LogP contribution in [0.4, 0.5) is 0 Å². The van der Waals surface area contributed by atoms with Gasteiger partial charge in [0.25, 0.3) is 0 Å². The van der Waals surface area contributed by atoms with Gasteiger partial charge in [0.1, 0.15) is 0 Å². The van der Waals surface area contributed by atoms with E-state index >= 15 is 0 Å². The van der Waals surface area contributed by atoms with Gasteiger partial charge in [-0.05, 0) is 5.92 Å². The maximum Gasteiger partial charge on any atom is 0.0937 e. The number of alkyl halides is 1. The Bertz CT molecular complexity index is 170. The molecule has 2 rings (SSSR count). The third-order valence-corrected chi connectivity index (χ3v) is 3.07. The molecule has 1 saturated carbocycles. The number of rotatable bonds is 0. The maximum absolute atomic E-state index is 7.40. The molecule has 0 bridgehead atoms. The molecule has 0 aromatic rings. The molecule has 3 unspecified atom stereocenters. The molecule has 0 spiro atoms. The summed E-state index contributed by atoms with van der Waals surface area (Å²) in [4.78, 5) is 0. The van der Waals surface area contributed by atoms with Crippen LogP contribution in [0.2, 0.25) is 0 Å². The maximum atomic E-state index is 7.40. The zero-order chi connectivity index (χ0) is 7.30. The van der Waals surface area contributed by atoms with Crippen molar-refractivity contribution in [1.82, 2.24) is 5.32 Å². The Morgan fingerprint density at radius 1 is 1.70 bits per heavy atom. The van der Waals surface area contributed by atoms with E-state index in [-0.39, 0.29) is 5.38 Å².